The number of halogens is 1. The molecular formula is C20H23BrN2O3S. The van der Waals surface area contributed by atoms with Gasteiger partial charge in [-0.1, -0.05) is 35.8 Å². The maximum atomic E-state index is 12.6. The van der Waals surface area contributed by atoms with Crippen molar-refractivity contribution in [3.8, 4) is 11.5 Å². The van der Waals surface area contributed by atoms with E-state index in [0.29, 0.717) is 24.5 Å². The molecule has 0 fully saturated rings. The number of hydrogen-bond acceptors (Lipinski definition) is 4. The fourth-order valence-corrected chi connectivity index (χ4v) is 2.81. The Bertz CT molecular complexity index is 799. The van der Waals surface area contributed by atoms with Crippen LogP contribution >= 0.6 is 28.1 Å². The summed E-state index contributed by atoms with van der Waals surface area (Å²) in [6.45, 7) is 5.24. The summed E-state index contributed by atoms with van der Waals surface area (Å²) in [6, 6.07) is 12.7. The Hall–Kier alpha value is -2.12. The van der Waals surface area contributed by atoms with Gasteiger partial charge in [0.05, 0.1) is 18.8 Å². The minimum absolute atomic E-state index is 0.203. The molecule has 5 nitrogen and oxygen atoms in total. The Balaban J connectivity index is 2.03. The van der Waals surface area contributed by atoms with E-state index in [2.05, 4.69) is 26.6 Å². The molecule has 0 aromatic heterocycles. The van der Waals surface area contributed by atoms with Gasteiger partial charge in [0.2, 0.25) is 0 Å². The molecule has 1 amide bonds. The predicted molar refractivity (Wildman–Crippen MR) is 116 cm³/mol. The third-order valence-electron chi connectivity index (χ3n) is 3.44. The smallest absolute Gasteiger partial charge is 0.261 e. The first-order valence-electron chi connectivity index (χ1n) is 8.81. The van der Waals surface area contributed by atoms with Crippen LogP contribution in [0.3, 0.4) is 0 Å². The topological polar surface area (TPSA) is 59.6 Å². The van der Waals surface area contributed by atoms with Crippen molar-refractivity contribution in [3.63, 3.8) is 0 Å². The van der Waals surface area contributed by atoms with Gasteiger partial charge in [0.25, 0.3) is 5.91 Å². The number of amides is 1. The largest absolute Gasteiger partial charge is 0.494 e. The van der Waals surface area contributed by atoms with E-state index in [1.807, 2.05) is 44.2 Å². The highest BCUT2D eigenvalue weighted by Gasteiger charge is 2.15. The van der Waals surface area contributed by atoms with Gasteiger partial charge in [-0.05, 0) is 55.4 Å². The summed E-state index contributed by atoms with van der Waals surface area (Å²) >= 11 is 8.65. The normalized spacial score (nSPS) is 10.2. The average Bonchev–Trinajstić information content (AvgIpc) is 2.65. The van der Waals surface area contributed by atoms with Crippen molar-refractivity contribution < 1.29 is 14.3 Å². The van der Waals surface area contributed by atoms with Crippen LogP contribution < -0.4 is 20.1 Å². The molecule has 2 N–H and O–H groups in total. The lowest BCUT2D eigenvalue weighted by Gasteiger charge is -2.14. The molecule has 0 spiro atoms. The fourth-order valence-electron chi connectivity index (χ4n) is 2.23. The van der Waals surface area contributed by atoms with Gasteiger partial charge in [-0.3, -0.25) is 10.1 Å². The van der Waals surface area contributed by atoms with E-state index >= 15 is 0 Å². The Labute approximate surface area is 173 Å². The molecule has 0 aliphatic rings. The van der Waals surface area contributed by atoms with E-state index in [4.69, 9.17) is 21.7 Å². The summed E-state index contributed by atoms with van der Waals surface area (Å²) in [5.41, 5.74) is 1.16. The zero-order valence-electron chi connectivity index (χ0n) is 15.4. The van der Waals surface area contributed by atoms with Gasteiger partial charge < -0.3 is 14.8 Å². The van der Waals surface area contributed by atoms with Crippen LogP contribution in [-0.2, 0) is 0 Å². The van der Waals surface area contributed by atoms with Gasteiger partial charge in [-0.15, -0.1) is 0 Å². The lowest BCUT2D eigenvalue weighted by molar-refractivity contribution is 0.0973. The molecule has 0 saturated heterocycles. The minimum atomic E-state index is -0.335. The van der Waals surface area contributed by atoms with Crippen LogP contribution in [0.4, 0.5) is 5.69 Å². The number of hydrogen-bond donors (Lipinski definition) is 2. The summed E-state index contributed by atoms with van der Waals surface area (Å²) < 4.78 is 12.0. The van der Waals surface area contributed by atoms with Crippen LogP contribution in [0.5, 0.6) is 11.5 Å². The number of carbonyl (C=O) groups excluding carboxylic acids is 1. The maximum absolute atomic E-state index is 12.6. The molecular weight excluding hydrogens is 428 g/mol. The Kier molecular flexibility index (Phi) is 8.54. The summed E-state index contributed by atoms with van der Waals surface area (Å²) in [4.78, 5) is 12.6. The molecule has 0 unspecified atom stereocenters. The van der Waals surface area contributed by atoms with Crippen molar-refractivity contribution in [2.24, 2.45) is 0 Å². The average molecular weight is 451 g/mol. The molecule has 7 heteroatoms. The third-order valence-corrected chi connectivity index (χ3v) is 4.14. The molecule has 0 atom stereocenters. The van der Waals surface area contributed by atoms with Gasteiger partial charge in [0, 0.05) is 16.2 Å². The SMILES string of the molecule is CCCOc1cccc(NC(=S)NC(=O)c2cc(Br)ccc2OCCC)c1. The molecule has 0 aliphatic carbocycles. The molecule has 0 heterocycles. The van der Waals surface area contributed by atoms with E-state index in [9.17, 15) is 4.79 Å². The van der Waals surface area contributed by atoms with Crippen LogP contribution in [0.25, 0.3) is 0 Å². The Morgan fingerprint density at radius 3 is 2.56 bits per heavy atom. The number of thiocarbonyl (C=S) groups is 1. The number of anilines is 1. The Morgan fingerprint density at radius 2 is 1.81 bits per heavy atom. The number of ether oxygens (including phenoxy) is 2. The van der Waals surface area contributed by atoms with Crippen LogP contribution in [0, 0.1) is 0 Å². The van der Waals surface area contributed by atoms with Crippen LogP contribution in [-0.4, -0.2) is 24.2 Å². The first-order chi connectivity index (χ1) is 13.0. The van der Waals surface area contributed by atoms with Gasteiger partial charge in [-0.25, -0.2) is 0 Å². The summed E-state index contributed by atoms with van der Waals surface area (Å²) in [5, 5.41) is 5.90. The van der Waals surface area contributed by atoms with E-state index < -0.39 is 0 Å². The predicted octanol–water partition coefficient (Wildman–Crippen LogP) is 5.15. The highest BCUT2D eigenvalue weighted by Crippen LogP contribution is 2.23. The summed E-state index contributed by atoms with van der Waals surface area (Å²) in [5.74, 6) is 0.937. The first-order valence-corrected chi connectivity index (χ1v) is 10.0. The van der Waals surface area contributed by atoms with Crippen molar-refractivity contribution >= 4 is 44.9 Å². The van der Waals surface area contributed by atoms with Crippen molar-refractivity contribution in [1.29, 1.82) is 0 Å². The van der Waals surface area contributed by atoms with Gasteiger partial charge in [0.15, 0.2) is 5.11 Å². The Morgan fingerprint density at radius 1 is 1.07 bits per heavy atom. The standard InChI is InChI=1S/C20H23BrN2O3S/c1-3-10-25-16-7-5-6-15(13-16)22-20(27)23-19(24)17-12-14(21)8-9-18(17)26-11-4-2/h5-9,12-13H,3-4,10-11H2,1-2H3,(H2,22,23,24,27). The van der Waals surface area contributed by atoms with Crippen molar-refractivity contribution in [2.45, 2.75) is 26.7 Å². The van der Waals surface area contributed by atoms with Crippen molar-refractivity contribution in [3.05, 3.63) is 52.5 Å². The molecule has 0 aliphatic heterocycles. The second-order valence-corrected chi connectivity index (χ2v) is 7.10. The number of benzene rings is 2. The van der Waals surface area contributed by atoms with Gasteiger partial charge in [0.1, 0.15) is 11.5 Å². The highest BCUT2D eigenvalue weighted by molar-refractivity contribution is 9.10. The lowest BCUT2D eigenvalue weighted by atomic mass is 10.2. The fraction of sp³-hybridized carbons (Fsp3) is 0.300. The zero-order valence-corrected chi connectivity index (χ0v) is 17.8. The van der Waals surface area contributed by atoms with Crippen molar-refractivity contribution in [1.82, 2.24) is 5.32 Å². The van der Waals surface area contributed by atoms with E-state index in [1.165, 1.54) is 0 Å². The maximum Gasteiger partial charge on any atom is 0.261 e. The molecule has 144 valence electrons. The van der Waals surface area contributed by atoms with Crippen LogP contribution in [0.15, 0.2) is 46.9 Å². The quantitative estimate of drug-likeness (QED) is 0.544. The molecule has 0 bridgehead atoms. The van der Waals surface area contributed by atoms with Crippen LogP contribution in [0.2, 0.25) is 0 Å². The number of carbonyl (C=O) groups is 1. The van der Waals surface area contributed by atoms with E-state index in [1.54, 1.807) is 12.1 Å². The lowest BCUT2D eigenvalue weighted by Crippen LogP contribution is -2.34. The number of rotatable bonds is 8. The number of nitrogens with one attached hydrogen (secondary N) is 2. The van der Waals surface area contributed by atoms with E-state index in [-0.39, 0.29) is 11.0 Å². The summed E-state index contributed by atoms with van der Waals surface area (Å²) in [6.07, 6.45) is 1.79. The van der Waals surface area contributed by atoms with E-state index in [0.717, 1.165) is 28.8 Å². The van der Waals surface area contributed by atoms with Gasteiger partial charge in [-0.2, -0.15) is 0 Å². The van der Waals surface area contributed by atoms with Gasteiger partial charge >= 0.3 is 0 Å². The molecule has 2 rings (SSSR count). The second-order valence-electron chi connectivity index (χ2n) is 5.77. The monoisotopic (exact) mass is 450 g/mol. The molecule has 2 aromatic rings. The summed E-state index contributed by atoms with van der Waals surface area (Å²) in [7, 11) is 0. The highest BCUT2D eigenvalue weighted by atomic mass is 79.9. The molecule has 0 radical (unpaired) electrons. The second kappa shape index (κ2) is 10.9. The zero-order chi connectivity index (χ0) is 19.6. The third kappa shape index (κ3) is 6.84. The first kappa shape index (κ1) is 21.2. The molecule has 27 heavy (non-hydrogen) atoms. The molecule has 2 aromatic carbocycles. The molecule has 0 saturated carbocycles. The minimum Gasteiger partial charge on any atom is -0.494 e. The van der Waals surface area contributed by atoms with Crippen molar-refractivity contribution in [2.75, 3.05) is 18.5 Å². The van der Waals surface area contributed by atoms with Crippen LogP contribution in [0.1, 0.15) is 37.0 Å².